The maximum absolute atomic E-state index is 11.9. The first kappa shape index (κ1) is 16.4. The third kappa shape index (κ3) is 3.12. The normalized spacial score (nSPS) is 17.8. The van der Waals surface area contributed by atoms with Crippen LogP contribution in [0, 0.1) is 6.92 Å². The third-order valence-electron chi connectivity index (χ3n) is 4.25. The number of carboxylic acid groups (broad SMARTS) is 1. The van der Waals surface area contributed by atoms with Gasteiger partial charge in [-0.2, -0.15) is 0 Å². The number of carboxylic acids is 1. The van der Waals surface area contributed by atoms with E-state index in [4.69, 9.17) is 4.74 Å². The largest absolute Gasteiger partial charge is 0.492 e. The Hall–Kier alpha value is -2.41. The van der Waals surface area contributed by atoms with E-state index in [-0.39, 0.29) is 0 Å². The second kappa shape index (κ2) is 7.00. The molecule has 0 saturated carbocycles. The standard InChI is InChI=1S/C17H22N4O3/c1-3-8-21-12(2)18-19-15(21)11-20-9-10-24-14-7-5-4-6-13(14)16(20)17(22)23/h4-7,16H,3,8-11H2,1-2H3,(H,22,23). The average Bonchev–Trinajstić information content (AvgIpc) is 2.80. The fourth-order valence-corrected chi connectivity index (χ4v) is 3.13. The molecule has 1 N–H and O–H groups in total. The molecule has 0 spiro atoms. The second-order valence-electron chi connectivity index (χ2n) is 5.91. The number of aliphatic carboxylic acids is 1. The number of rotatable bonds is 5. The van der Waals surface area contributed by atoms with Gasteiger partial charge in [-0.15, -0.1) is 10.2 Å². The van der Waals surface area contributed by atoms with E-state index >= 15 is 0 Å². The van der Waals surface area contributed by atoms with Crippen LogP contribution in [0.5, 0.6) is 5.75 Å². The zero-order valence-electron chi connectivity index (χ0n) is 14.0. The first-order chi connectivity index (χ1) is 11.6. The predicted molar refractivity (Wildman–Crippen MR) is 87.8 cm³/mol. The lowest BCUT2D eigenvalue weighted by Gasteiger charge is -2.26. The van der Waals surface area contributed by atoms with Crippen LogP contribution in [0.1, 0.15) is 36.6 Å². The van der Waals surface area contributed by atoms with Crippen molar-refractivity contribution < 1.29 is 14.6 Å². The highest BCUT2D eigenvalue weighted by molar-refractivity contribution is 5.76. The summed E-state index contributed by atoms with van der Waals surface area (Å²) in [5.74, 6) is 1.40. The molecule has 24 heavy (non-hydrogen) atoms. The highest BCUT2D eigenvalue weighted by Crippen LogP contribution is 2.32. The molecule has 7 nitrogen and oxygen atoms in total. The maximum Gasteiger partial charge on any atom is 0.325 e. The van der Waals surface area contributed by atoms with Crippen molar-refractivity contribution in [3.05, 3.63) is 41.5 Å². The molecule has 0 fully saturated rings. The number of aromatic nitrogens is 3. The minimum atomic E-state index is -0.883. The molecule has 7 heteroatoms. The Morgan fingerprint density at radius 1 is 1.38 bits per heavy atom. The Kier molecular flexibility index (Phi) is 4.80. The van der Waals surface area contributed by atoms with Crippen LogP contribution in [0.4, 0.5) is 0 Å². The number of fused-ring (bicyclic) bond motifs is 1. The van der Waals surface area contributed by atoms with Crippen LogP contribution >= 0.6 is 0 Å². The Balaban J connectivity index is 1.93. The van der Waals surface area contributed by atoms with E-state index in [0.717, 1.165) is 24.6 Å². The second-order valence-corrected chi connectivity index (χ2v) is 5.91. The van der Waals surface area contributed by atoms with Gasteiger partial charge in [0, 0.05) is 18.7 Å². The van der Waals surface area contributed by atoms with Crippen molar-refractivity contribution in [2.24, 2.45) is 0 Å². The molecule has 0 radical (unpaired) electrons. The van der Waals surface area contributed by atoms with Gasteiger partial charge in [-0.25, -0.2) is 0 Å². The highest BCUT2D eigenvalue weighted by Gasteiger charge is 2.33. The number of benzene rings is 1. The summed E-state index contributed by atoms with van der Waals surface area (Å²) in [6.45, 7) is 6.23. The predicted octanol–water partition coefficient (Wildman–Crippen LogP) is 2.02. The Morgan fingerprint density at radius 3 is 2.92 bits per heavy atom. The number of para-hydroxylation sites is 1. The summed E-state index contributed by atoms with van der Waals surface area (Å²) in [7, 11) is 0. The van der Waals surface area contributed by atoms with Crippen LogP contribution in [0.15, 0.2) is 24.3 Å². The van der Waals surface area contributed by atoms with E-state index in [2.05, 4.69) is 21.7 Å². The molecule has 1 aromatic carbocycles. The number of carbonyl (C=O) groups is 1. The zero-order valence-corrected chi connectivity index (χ0v) is 14.0. The lowest BCUT2D eigenvalue weighted by molar-refractivity contribution is -0.143. The minimum Gasteiger partial charge on any atom is -0.492 e. The lowest BCUT2D eigenvalue weighted by atomic mass is 10.0. The van der Waals surface area contributed by atoms with Crippen LogP contribution in [0.25, 0.3) is 0 Å². The summed E-state index contributed by atoms with van der Waals surface area (Å²) in [5, 5.41) is 18.2. The summed E-state index contributed by atoms with van der Waals surface area (Å²) in [6, 6.07) is 6.57. The molecule has 1 atom stereocenters. The summed E-state index contributed by atoms with van der Waals surface area (Å²) >= 11 is 0. The quantitative estimate of drug-likeness (QED) is 0.903. The van der Waals surface area contributed by atoms with Gasteiger partial charge < -0.3 is 14.4 Å². The van der Waals surface area contributed by atoms with Gasteiger partial charge in [-0.1, -0.05) is 25.1 Å². The van der Waals surface area contributed by atoms with Gasteiger partial charge in [-0.05, 0) is 19.4 Å². The van der Waals surface area contributed by atoms with Gasteiger partial charge in [0.15, 0.2) is 0 Å². The molecular formula is C17H22N4O3. The van der Waals surface area contributed by atoms with Crippen LogP contribution < -0.4 is 4.74 Å². The van der Waals surface area contributed by atoms with E-state index < -0.39 is 12.0 Å². The number of nitrogens with zero attached hydrogens (tertiary/aromatic N) is 4. The number of ether oxygens (including phenoxy) is 1. The van der Waals surface area contributed by atoms with Gasteiger partial charge in [0.05, 0.1) is 6.54 Å². The molecule has 2 heterocycles. The monoisotopic (exact) mass is 330 g/mol. The van der Waals surface area contributed by atoms with Crippen molar-refractivity contribution in [3.63, 3.8) is 0 Å². The molecular weight excluding hydrogens is 308 g/mol. The van der Waals surface area contributed by atoms with Gasteiger partial charge in [0.2, 0.25) is 0 Å². The molecule has 2 aromatic rings. The first-order valence-corrected chi connectivity index (χ1v) is 8.19. The Labute approximate surface area is 140 Å². The van der Waals surface area contributed by atoms with Crippen LogP contribution in [0.3, 0.4) is 0 Å². The molecule has 0 aliphatic carbocycles. The fourth-order valence-electron chi connectivity index (χ4n) is 3.13. The summed E-state index contributed by atoms with van der Waals surface area (Å²) in [4.78, 5) is 13.8. The third-order valence-corrected chi connectivity index (χ3v) is 4.25. The van der Waals surface area contributed by atoms with Crippen molar-refractivity contribution in [2.45, 2.75) is 39.4 Å². The maximum atomic E-state index is 11.9. The number of aryl methyl sites for hydroxylation is 1. The number of hydrogen-bond donors (Lipinski definition) is 1. The first-order valence-electron chi connectivity index (χ1n) is 8.19. The molecule has 0 bridgehead atoms. The fraction of sp³-hybridized carbons (Fsp3) is 0.471. The average molecular weight is 330 g/mol. The van der Waals surface area contributed by atoms with E-state index in [9.17, 15) is 9.90 Å². The van der Waals surface area contributed by atoms with Crippen molar-refractivity contribution in [1.82, 2.24) is 19.7 Å². The molecule has 1 unspecified atom stereocenters. The van der Waals surface area contributed by atoms with E-state index in [1.165, 1.54) is 0 Å². The van der Waals surface area contributed by atoms with Gasteiger partial charge >= 0.3 is 5.97 Å². The molecule has 3 rings (SSSR count). The Bertz CT molecular complexity index is 728. The SMILES string of the molecule is CCCn1c(C)nnc1CN1CCOc2ccccc2C1C(=O)O. The van der Waals surface area contributed by atoms with Crippen LogP contribution in [0.2, 0.25) is 0 Å². The van der Waals surface area contributed by atoms with Crippen molar-refractivity contribution >= 4 is 5.97 Å². The van der Waals surface area contributed by atoms with Gasteiger partial charge in [0.25, 0.3) is 0 Å². The lowest BCUT2D eigenvalue weighted by Crippen LogP contribution is -2.35. The molecule has 1 aliphatic heterocycles. The van der Waals surface area contributed by atoms with Gasteiger partial charge in [-0.3, -0.25) is 9.69 Å². The van der Waals surface area contributed by atoms with Crippen molar-refractivity contribution in [1.29, 1.82) is 0 Å². The molecule has 128 valence electrons. The van der Waals surface area contributed by atoms with Crippen molar-refractivity contribution in [2.75, 3.05) is 13.2 Å². The number of hydrogen-bond acceptors (Lipinski definition) is 5. The topological polar surface area (TPSA) is 80.5 Å². The van der Waals surface area contributed by atoms with Crippen molar-refractivity contribution in [3.8, 4) is 5.75 Å². The summed E-state index contributed by atoms with van der Waals surface area (Å²) < 4.78 is 7.78. The summed E-state index contributed by atoms with van der Waals surface area (Å²) in [5.41, 5.74) is 0.681. The Morgan fingerprint density at radius 2 is 2.17 bits per heavy atom. The smallest absolute Gasteiger partial charge is 0.325 e. The van der Waals surface area contributed by atoms with E-state index in [0.29, 0.717) is 31.0 Å². The van der Waals surface area contributed by atoms with Crippen LogP contribution in [-0.4, -0.2) is 43.9 Å². The molecule has 1 aliphatic rings. The molecule has 0 amide bonds. The van der Waals surface area contributed by atoms with E-state index in [1.807, 2.05) is 36.1 Å². The van der Waals surface area contributed by atoms with Gasteiger partial charge in [0.1, 0.15) is 30.0 Å². The van der Waals surface area contributed by atoms with E-state index in [1.54, 1.807) is 0 Å². The highest BCUT2D eigenvalue weighted by atomic mass is 16.5. The molecule has 1 aromatic heterocycles. The zero-order chi connectivity index (χ0) is 17.1. The molecule has 0 saturated heterocycles. The minimum absolute atomic E-state index is 0.426. The van der Waals surface area contributed by atoms with Crippen LogP contribution in [-0.2, 0) is 17.9 Å². The summed E-state index contributed by atoms with van der Waals surface area (Å²) in [6.07, 6.45) is 0.972.